The Bertz CT molecular complexity index is 513. The third-order valence-corrected chi connectivity index (χ3v) is 3.41. The maximum Gasteiger partial charge on any atom is 0.0690 e. The van der Waals surface area contributed by atoms with Gasteiger partial charge in [-0.3, -0.25) is 0 Å². The van der Waals surface area contributed by atoms with Crippen LogP contribution in [-0.2, 0) is 6.42 Å². The second-order valence-electron chi connectivity index (χ2n) is 4.38. The van der Waals surface area contributed by atoms with E-state index in [0.29, 0.717) is 0 Å². The lowest BCUT2D eigenvalue weighted by Crippen LogP contribution is -2.10. The highest BCUT2D eigenvalue weighted by Crippen LogP contribution is 2.39. The van der Waals surface area contributed by atoms with Gasteiger partial charge in [0, 0.05) is 18.0 Å². The molecule has 0 spiro atoms. The molecule has 0 amide bonds. The highest BCUT2D eigenvalue weighted by Gasteiger charge is 2.40. The zero-order valence-corrected chi connectivity index (χ0v) is 9.01. The van der Waals surface area contributed by atoms with Gasteiger partial charge in [-0.2, -0.15) is 0 Å². The molecule has 1 aliphatic rings. The fourth-order valence-corrected chi connectivity index (χ4v) is 2.22. The average Bonchev–Trinajstić information content (AvgIpc) is 2.81. The lowest BCUT2D eigenvalue weighted by molar-refractivity contribution is 0.151. The topological polar surface area (TPSA) is 36.0 Å². The van der Waals surface area contributed by atoms with Gasteiger partial charge in [-0.05, 0) is 18.4 Å². The minimum atomic E-state index is -0.453. The number of aliphatic hydroxyl groups is 1. The van der Waals surface area contributed by atoms with Crippen molar-refractivity contribution in [2.75, 3.05) is 0 Å². The van der Waals surface area contributed by atoms with Crippen LogP contribution in [0.2, 0.25) is 5.02 Å². The van der Waals surface area contributed by atoms with Gasteiger partial charge >= 0.3 is 0 Å². The third kappa shape index (κ3) is 1.54. The molecule has 0 bridgehead atoms. The molecule has 15 heavy (non-hydrogen) atoms. The van der Waals surface area contributed by atoms with Crippen LogP contribution in [0.5, 0.6) is 0 Å². The van der Waals surface area contributed by atoms with Gasteiger partial charge in [-0.25, -0.2) is 0 Å². The fourth-order valence-electron chi connectivity index (χ4n) is 2.01. The summed E-state index contributed by atoms with van der Waals surface area (Å²) < 4.78 is 0. The Morgan fingerprint density at radius 1 is 1.40 bits per heavy atom. The Morgan fingerprint density at radius 2 is 2.20 bits per heavy atom. The van der Waals surface area contributed by atoms with Crippen LogP contribution in [0.15, 0.2) is 24.4 Å². The van der Waals surface area contributed by atoms with E-state index in [1.54, 1.807) is 6.20 Å². The predicted octanol–water partition coefficient (Wildman–Crippen LogP) is 2.89. The zero-order chi connectivity index (χ0) is 10.5. The van der Waals surface area contributed by atoms with Crippen molar-refractivity contribution in [3.63, 3.8) is 0 Å². The Morgan fingerprint density at radius 3 is 2.93 bits per heavy atom. The van der Waals surface area contributed by atoms with Gasteiger partial charge in [0.15, 0.2) is 0 Å². The molecule has 1 heterocycles. The van der Waals surface area contributed by atoms with E-state index >= 15 is 0 Å². The number of halogens is 1. The van der Waals surface area contributed by atoms with Gasteiger partial charge in [-0.15, -0.1) is 0 Å². The summed E-state index contributed by atoms with van der Waals surface area (Å²) in [4.78, 5) is 3.16. The number of rotatable bonds is 2. The molecule has 3 rings (SSSR count). The summed E-state index contributed by atoms with van der Waals surface area (Å²) in [5, 5.41) is 11.7. The van der Waals surface area contributed by atoms with Crippen LogP contribution in [0.3, 0.4) is 0 Å². The van der Waals surface area contributed by atoms with Crippen molar-refractivity contribution in [1.29, 1.82) is 0 Å². The summed E-state index contributed by atoms with van der Waals surface area (Å²) in [5.41, 5.74) is 1.76. The third-order valence-electron chi connectivity index (χ3n) is 3.10. The van der Waals surface area contributed by atoms with Crippen molar-refractivity contribution in [2.45, 2.75) is 24.9 Å². The van der Waals surface area contributed by atoms with Gasteiger partial charge in [0.25, 0.3) is 0 Å². The van der Waals surface area contributed by atoms with Crippen LogP contribution >= 0.6 is 11.6 Å². The minimum absolute atomic E-state index is 0.453. The molecule has 1 saturated carbocycles. The largest absolute Gasteiger partial charge is 0.390 e. The highest BCUT2D eigenvalue weighted by atomic mass is 35.5. The number of H-pyrrole nitrogens is 1. The summed E-state index contributed by atoms with van der Waals surface area (Å²) in [6, 6.07) is 6.03. The van der Waals surface area contributed by atoms with Crippen molar-refractivity contribution >= 4 is 22.5 Å². The number of aromatic nitrogens is 1. The molecule has 3 heteroatoms. The number of para-hydroxylation sites is 1. The van der Waals surface area contributed by atoms with Crippen molar-refractivity contribution < 1.29 is 5.11 Å². The van der Waals surface area contributed by atoms with Crippen molar-refractivity contribution in [1.82, 2.24) is 4.98 Å². The number of hydrogen-bond donors (Lipinski definition) is 2. The molecule has 2 N–H and O–H groups in total. The first-order valence-corrected chi connectivity index (χ1v) is 5.53. The lowest BCUT2D eigenvalue weighted by atomic mass is 10.0. The van der Waals surface area contributed by atoms with E-state index in [1.807, 2.05) is 18.2 Å². The molecule has 0 atom stereocenters. The molecule has 78 valence electrons. The normalized spacial score (nSPS) is 18.3. The quantitative estimate of drug-likeness (QED) is 0.804. The molecule has 2 aromatic rings. The number of fused-ring (bicyclic) bond motifs is 1. The van der Waals surface area contributed by atoms with E-state index in [-0.39, 0.29) is 0 Å². The van der Waals surface area contributed by atoms with Gasteiger partial charge in [0.1, 0.15) is 0 Å². The molecule has 1 aliphatic carbocycles. The molecule has 0 saturated heterocycles. The molecule has 1 aromatic heterocycles. The molecule has 1 fully saturated rings. The zero-order valence-electron chi connectivity index (χ0n) is 8.26. The lowest BCUT2D eigenvalue weighted by Gasteiger charge is -2.08. The van der Waals surface area contributed by atoms with Crippen molar-refractivity contribution in [3.8, 4) is 0 Å². The molecule has 0 radical (unpaired) electrons. The van der Waals surface area contributed by atoms with Gasteiger partial charge in [-0.1, -0.05) is 29.8 Å². The number of aromatic amines is 1. The Hall–Kier alpha value is -0.990. The molecular formula is C12H12ClNO. The van der Waals surface area contributed by atoms with Crippen LogP contribution in [0, 0.1) is 0 Å². The second-order valence-corrected chi connectivity index (χ2v) is 4.78. The van der Waals surface area contributed by atoms with Gasteiger partial charge in [0.2, 0.25) is 0 Å². The predicted molar refractivity (Wildman–Crippen MR) is 61.2 cm³/mol. The van der Waals surface area contributed by atoms with E-state index in [1.165, 1.54) is 0 Å². The van der Waals surface area contributed by atoms with Crippen molar-refractivity contribution in [2.24, 2.45) is 0 Å². The Balaban J connectivity index is 2.09. The SMILES string of the molecule is OC1(Cc2cccc3c(Cl)c[nH]c23)CC1. The summed E-state index contributed by atoms with van der Waals surface area (Å²) >= 11 is 6.04. The first kappa shape index (κ1) is 9.25. The summed E-state index contributed by atoms with van der Waals surface area (Å²) in [6.45, 7) is 0. The summed E-state index contributed by atoms with van der Waals surface area (Å²) in [5.74, 6) is 0. The molecule has 1 aromatic carbocycles. The van der Waals surface area contributed by atoms with Crippen LogP contribution in [0.25, 0.3) is 10.9 Å². The van der Waals surface area contributed by atoms with Crippen LogP contribution in [0.4, 0.5) is 0 Å². The maximum atomic E-state index is 9.90. The Labute approximate surface area is 92.9 Å². The molecule has 2 nitrogen and oxygen atoms in total. The summed E-state index contributed by atoms with van der Waals surface area (Å²) in [7, 11) is 0. The number of benzene rings is 1. The number of hydrogen-bond acceptors (Lipinski definition) is 1. The minimum Gasteiger partial charge on any atom is -0.390 e. The van der Waals surface area contributed by atoms with Gasteiger partial charge < -0.3 is 10.1 Å². The molecular weight excluding hydrogens is 210 g/mol. The highest BCUT2D eigenvalue weighted by molar-refractivity contribution is 6.35. The fraction of sp³-hybridized carbons (Fsp3) is 0.333. The second kappa shape index (κ2) is 3.00. The van der Waals surface area contributed by atoms with E-state index in [0.717, 1.165) is 40.8 Å². The van der Waals surface area contributed by atoms with Crippen LogP contribution < -0.4 is 0 Å². The molecule has 0 aliphatic heterocycles. The molecule has 0 unspecified atom stereocenters. The van der Waals surface area contributed by atoms with Crippen LogP contribution in [0.1, 0.15) is 18.4 Å². The first-order chi connectivity index (χ1) is 7.18. The first-order valence-electron chi connectivity index (χ1n) is 5.15. The van der Waals surface area contributed by atoms with Crippen LogP contribution in [-0.4, -0.2) is 15.7 Å². The van der Waals surface area contributed by atoms with E-state index in [2.05, 4.69) is 4.98 Å². The van der Waals surface area contributed by atoms with Gasteiger partial charge in [0.05, 0.1) is 16.1 Å². The monoisotopic (exact) mass is 221 g/mol. The van der Waals surface area contributed by atoms with Crippen molar-refractivity contribution in [3.05, 3.63) is 35.0 Å². The van der Waals surface area contributed by atoms with E-state index < -0.39 is 5.60 Å². The number of nitrogens with one attached hydrogen (secondary N) is 1. The summed E-state index contributed by atoms with van der Waals surface area (Å²) in [6.07, 6.45) is 4.35. The van der Waals surface area contributed by atoms with E-state index in [4.69, 9.17) is 11.6 Å². The Kier molecular flexibility index (Phi) is 1.85. The smallest absolute Gasteiger partial charge is 0.0690 e. The standard InChI is InChI=1S/C12H12ClNO/c13-10-7-14-11-8(2-1-3-9(10)11)6-12(15)4-5-12/h1-3,7,14-15H,4-6H2. The van der Waals surface area contributed by atoms with E-state index in [9.17, 15) is 5.11 Å². The maximum absolute atomic E-state index is 9.90. The average molecular weight is 222 g/mol.